The number of amides is 1. The van der Waals surface area contributed by atoms with E-state index in [1.165, 1.54) is 13.3 Å². The predicted octanol–water partition coefficient (Wildman–Crippen LogP) is 3.98. The van der Waals surface area contributed by atoms with Crippen LogP contribution >= 0.6 is 0 Å². The van der Waals surface area contributed by atoms with Gasteiger partial charge >= 0.3 is 0 Å². The number of nitrogens with zero attached hydrogens (tertiary/aromatic N) is 4. The number of hydrogen-bond donors (Lipinski definition) is 1. The fraction of sp³-hybridized carbons (Fsp3) is 0.118. The molecule has 3 rings (SSSR count). The second kappa shape index (κ2) is 7.28. The monoisotopic (exact) mass is 321 g/mol. The van der Waals surface area contributed by atoms with E-state index in [-0.39, 0.29) is 5.91 Å². The first kappa shape index (κ1) is 15.5. The number of rotatable bonds is 5. The average Bonchev–Trinajstić information content (AvgIpc) is 3.11. The predicted molar refractivity (Wildman–Crippen MR) is 88.7 cm³/mol. The molecule has 0 aliphatic heterocycles. The van der Waals surface area contributed by atoms with Crippen LogP contribution in [0.3, 0.4) is 0 Å². The summed E-state index contributed by atoms with van der Waals surface area (Å²) in [5.41, 5.74) is 2.59. The first-order valence-electron chi connectivity index (χ1n) is 7.29. The van der Waals surface area contributed by atoms with E-state index >= 15 is 0 Å². The van der Waals surface area contributed by atoms with Crippen LogP contribution < -0.4 is 5.32 Å². The highest BCUT2D eigenvalue weighted by Crippen LogP contribution is 2.22. The quantitative estimate of drug-likeness (QED) is 0.719. The Bertz CT molecular complexity index is 824. The Morgan fingerprint density at radius 3 is 2.62 bits per heavy atom. The minimum Gasteiger partial charge on any atom is -0.444 e. The highest BCUT2D eigenvalue weighted by molar-refractivity contribution is 5.87. The normalized spacial score (nSPS) is 10.9. The van der Waals surface area contributed by atoms with E-state index in [1.807, 2.05) is 30.3 Å². The second-order valence-corrected chi connectivity index (χ2v) is 5.04. The molecule has 0 aliphatic carbocycles. The fourth-order valence-electron chi connectivity index (χ4n) is 2.02. The van der Waals surface area contributed by atoms with Gasteiger partial charge in [0.25, 0.3) is 0 Å². The van der Waals surface area contributed by atoms with Crippen LogP contribution in [-0.2, 0) is 11.3 Å². The van der Waals surface area contributed by atoms with Crippen molar-refractivity contribution in [3.8, 4) is 11.3 Å². The van der Waals surface area contributed by atoms with Crippen molar-refractivity contribution in [3.05, 3.63) is 60.7 Å². The number of pyridine rings is 1. The van der Waals surface area contributed by atoms with Gasteiger partial charge in [0.1, 0.15) is 5.82 Å². The summed E-state index contributed by atoms with van der Waals surface area (Å²) in [5.74, 6) is 1.08. The van der Waals surface area contributed by atoms with Gasteiger partial charge < -0.3 is 9.73 Å². The van der Waals surface area contributed by atoms with Crippen LogP contribution in [0.25, 0.3) is 11.3 Å². The lowest BCUT2D eigenvalue weighted by molar-refractivity contribution is -0.114. The van der Waals surface area contributed by atoms with E-state index in [9.17, 15) is 4.79 Å². The summed E-state index contributed by atoms with van der Waals surface area (Å²) in [6.07, 6.45) is 4.72. The Balaban J connectivity index is 1.59. The Hall–Kier alpha value is -3.35. The van der Waals surface area contributed by atoms with Crippen molar-refractivity contribution >= 4 is 17.4 Å². The van der Waals surface area contributed by atoms with Crippen LogP contribution in [0.15, 0.2) is 69.8 Å². The van der Waals surface area contributed by atoms with Crippen molar-refractivity contribution in [2.24, 2.45) is 10.2 Å². The van der Waals surface area contributed by atoms with Crippen LogP contribution in [-0.4, -0.2) is 15.9 Å². The number of carbonyl (C=O) groups excluding carboxylic acids is 1. The number of hydrogen-bond acceptors (Lipinski definition) is 6. The van der Waals surface area contributed by atoms with Crippen molar-refractivity contribution in [1.29, 1.82) is 0 Å². The standard InChI is InChI=1S/C17H15N5O2/c1-12(23)21-17-7-2-13(8-19-17)9-20-22-15-5-3-14(4-6-15)16-10-18-11-24-16/h2-8,10-11H,9H2,1H3,(H,19,21,23). The number of anilines is 1. The summed E-state index contributed by atoms with van der Waals surface area (Å²) >= 11 is 0. The number of nitrogens with one attached hydrogen (secondary N) is 1. The highest BCUT2D eigenvalue weighted by Gasteiger charge is 2.01. The molecule has 0 fully saturated rings. The largest absolute Gasteiger partial charge is 0.444 e. The third kappa shape index (κ3) is 4.10. The second-order valence-electron chi connectivity index (χ2n) is 5.04. The molecule has 0 saturated heterocycles. The van der Waals surface area contributed by atoms with Crippen LogP contribution in [0.4, 0.5) is 11.5 Å². The Labute approximate surface area is 138 Å². The molecular formula is C17H15N5O2. The zero-order valence-electron chi connectivity index (χ0n) is 13.0. The van der Waals surface area contributed by atoms with E-state index < -0.39 is 0 Å². The number of aromatic nitrogens is 2. The maximum atomic E-state index is 10.9. The minimum atomic E-state index is -0.149. The molecule has 120 valence electrons. The molecule has 1 N–H and O–H groups in total. The molecule has 0 spiro atoms. The van der Waals surface area contributed by atoms with E-state index in [2.05, 4.69) is 25.5 Å². The van der Waals surface area contributed by atoms with E-state index in [0.29, 0.717) is 18.1 Å². The van der Waals surface area contributed by atoms with Gasteiger partial charge in [-0.1, -0.05) is 6.07 Å². The maximum absolute atomic E-state index is 10.9. The first-order valence-corrected chi connectivity index (χ1v) is 7.29. The lowest BCUT2D eigenvalue weighted by Gasteiger charge is -2.01. The number of oxazole rings is 1. The third-order valence-corrected chi connectivity index (χ3v) is 3.15. The Morgan fingerprint density at radius 1 is 1.17 bits per heavy atom. The molecule has 2 heterocycles. The highest BCUT2D eigenvalue weighted by atomic mass is 16.3. The van der Waals surface area contributed by atoms with Gasteiger partial charge in [-0.15, -0.1) is 0 Å². The van der Waals surface area contributed by atoms with Crippen molar-refractivity contribution in [2.75, 3.05) is 5.32 Å². The Morgan fingerprint density at radius 2 is 2.00 bits per heavy atom. The van der Waals surface area contributed by atoms with Crippen molar-refractivity contribution in [1.82, 2.24) is 9.97 Å². The lowest BCUT2D eigenvalue weighted by atomic mass is 10.2. The van der Waals surface area contributed by atoms with Gasteiger partial charge in [0.15, 0.2) is 12.2 Å². The SMILES string of the molecule is CC(=O)Nc1ccc(CN=Nc2ccc(-c3cnco3)cc2)cn1. The molecule has 0 unspecified atom stereocenters. The molecule has 0 bridgehead atoms. The maximum Gasteiger partial charge on any atom is 0.222 e. The number of benzene rings is 1. The molecule has 2 aromatic heterocycles. The van der Waals surface area contributed by atoms with Gasteiger partial charge in [-0.3, -0.25) is 4.79 Å². The number of azo groups is 1. The number of carbonyl (C=O) groups is 1. The molecular weight excluding hydrogens is 306 g/mol. The zero-order chi connectivity index (χ0) is 16.8. The zero-order valence-corrected chi connectivity index (χ0v) is 13.0. The molecule has 0 saturated carbocycles. The van der Waals surface area contributed by atoms with Crippen molar-refractivity contribution in [2.45, 2.75) is 13.5 Å². The van der Waals surface area contributed by atoms with Gasteiger partial charge in [-0.2, -0.15) is 10.2 Å². The lowest BCUT2D eigenvalue weighted by Crippen LogP contribution is -2.07. The molecule has 24 heavy (non-hydrogen) atoms. The van der Waals surface area contributed by atoms with Crippen LogP contribution in [0, 0.1) is 0 Å². The molecule has 1 amide bonds. The van der Waals surface area contributed by atoms with E-state index in [4.69, 9.17) is 4.42 Å². The molecule has 7 heteroatoms. The van der Waals surface area contributed by atoms with Gasteiger partial charge in [-0.05, 0) is 35.9 Å². The molecule has 0 atom stereocenters. The molecule has 0 radical (unpaired) electrons. The first-order chi connectivity index (χ1) is 11.7. The molecule has 0 aliphatic rings. The summed E-state index contributed by atoms with van der Waals surface area (Å²) in [6.45, 7) is 1.86. The summed E-state index contributed by atoms with van der Waals surface area (Å²) in [5, 5.41) is 10.9. The van der Waals surface area contributed by atoms with E-state index in [1.54, 1.807) is 18.5 Å². The summed E-state index contributed by atoms with van der Waals surface area (Å²) in [6, 6.07) is 11.1. The Kier molecular flexibility index (Phi) is 4.71. The topological polar surface area (TPSA) is 92.7 Å². The van der Waals surface area contributed by atoms with Crippen molar-refractivity contribution < 1.29 is 9.21 Å². The molecule has 7 nitrogen and oxygen atoms in total. The van der Waals surface area contributed by atoms with Gasteiger partial charge in [0.2, 0.25) is 5.91 Å². The summed E-state index contributed by atoms with van der Waals surface area (Å²) < 4.78 is 5.23. The van der Waals surface area contributed by atoms with Gasteiger partial charge in [0, 0.05) is 18.7 Å². The third-order valence-electron chi connectivity index (χ3n) is 3.15. The summed E-state index contributed by atoms with van der Waals surface area (Å²) in [4.78, 5) is 19.0. The fourth-order valence-corrected chi connectivity index (χ4v) is 2.02. The minimum absolute atomic E-state index is 0.149. The molecule has 1 aromatic carbocycles. The average molecular weight is 321 g/mol. The van der Waals surface area contributed by atoms with Gasteiger partial charge in [-0.25, -0.2) is 9.97 Å². The molecule has 3 aromatic rings. The van der Waals surface area contributed by atoms with Crippen molar-refractivity contribution in [3.63, 3.8) is 0 Å². The van der Waals surface area contributed by atoms with Crippen LogP contribution in [0.2, 0.25) is 0 Å². The van der Waals surface area contributed by atoms with Crippen LogP contribution in [0.1, 0.15) is 12.5 Å². The van der Waals surface area contributed by atoms with Crippen LogP contribution in [0.5, 0.6) is 0 Å². The van der Waals surface area contributed by atoms with E-state index in [0.717, 1.165) is 16.8 Å². The van der Waals surface area contributed by atoms with Gasteiger partial charge in [0.05, 0.1) is 18.4 Å². The summed E-state index contributed by atoms with van der Waals surface area (Å²) in [7, 11) is 0. The smallest absolute Gasteiger partial charge is 0.222 e.